The van der Waals surface area contributed by atoms with Crippen LogP contribution in [0.25, 0.3) is 0 Å². The van der Waals surface area contributed by atoms with Crippen LogP contribution in [0.5, 0.6) is 5.88 Å². The van der Waals surface area contributed by atoms with Crippen LogP contribution >= 0.6 is 11.6 Å². The number of pyridine rings is 1. The van der Waals surface area contributed by atoms with E-state index < -0.39 is 23.4 Å². The molecule has 4 rings (SSSR count). The normalized spacial score (nSPS) is 18.6. The average molecular weight is 597 g/mol. The van der Waals surface area contributed by atoms with Gasteiger partial charge in [-0.05, 0) is 68.2 Å². The number of aromatic nitrogens is 1. The number of piperidine rings is 2. The van der Waals surface area contributed by atoms with Gasteiger partial charge in [-0.15, -0.1) is 0 Å². The van der Waals surface area contributed by atoms with Crippen LogP contribution < -0.4 is 9.64 Å². The summed E-state index contributed by atoms with van der Waals surface area (Å²) < 4.78 is 47.1. The zero-order valence-electron chi connectivity index (χ0n) is 23.5. The highest BCUT2D eigenvalue weighted by atomic mass is 35.5. The minimum Gasteiger partial charge on any atom is -0.481 e. The smallest absolute Gasteiger partial charge is 0.432 e. The summed E-state index contributed by atoms with van der Waals surface area (Å²) in [7, 11) is 4.61. The van der Waals surface area contributed by atoms with Gasteiger partial charge >= 0.3 is 6.18 Å². The van der Waals surface area contributed by atoms with Gasteiger partial charge in [-0.25, -0.2) is 4.98 Å². The van der Waals surface area contributed by atoms with E-state index in [9.17, 15) is 27.9 Å². The Morgan fingerprint density at radius 3 is 2.20 bits per heavy atom. The number of carbonyl (C=O) groups is 2. The molecule has 0 spiro atoms. The summed E-state index contributed by atoms with van der Waals surface area (Å²) in [4.78, 5) is 33.9. The largest absolute Gasteiger partial charge is 0.481 e. The Bertz CT molecular complexity index is 1240. The Balaban J connectivity index is 1.31. The molecule has 2 fully saturated rings. The van der Waals surface area contributed by atoms with Crippen LogP contribution in [-0.2, 0) is 10.4 Å². The number of likely N-dealkylation sites (tertiary alicyclic amines) is 1. The van der Waals surface area contributed by atoms with Gasteiger partial charge in [-0.3, -0.25) is 9.59 Å². The number of benzene rings is 1. The fourth-order valence-corrected chi connectivity index (χ4v) is 5.98. The molecule has 2 aliphatic rings. The van der Waals surface area contributed by atoms with Gasteiger partial charge in [0.1, 0.15) is 0 Å². The summed E-state index contributed by atoms with van der Waals surface area (Å²) in [5, 5.41) is 11.1. The van der Waals surface area contributed by atoms with Crippen molar-refractivity contribution in [2.75, 3.05) is 52.3 Å². The third-order valence-corrected chi connectivity index (χ3v) is 8.47. The number of carbonyl (C=O) groups excluding carboxylic acids is 2. The predicted molar refractivity (Wildman–Crippen MR) is 149 cm³/mol. The molecule has 2 amide bonds. The number of amides is 2. The van der Waals surface area contributed by atoms with Gasteiger partial charge < -0.3 is 24.5 Å². The van der Waals surface area contributed by atoms with Crippen molar-refractivity contribution in [3.63, 3.8) is 0 Å². The lowest BCUT2D eigenvalue weighted by atomic mass is 9.82. The van der Waals surface area contributed by atoms with Crippen molar-refractivity contribution in [1.29, 1.82) is 0 Å². The number of aliphatic hydroxyl groups is 1. The highest BCUT2D eigenvalue weighted by molar-refractivity contribution is 6.34. The topological polar surface area (TPSA) is 86.2 Å². The minimum atomic E-state index is -5.25. The number of halogens is 4. The number of alkyl halides is 3. The lowest BCUT2D eigenvalue weighted by Gasteiger charge is -2.40. The number of ether oxygens (including phenoxy) is 1. The number of nitrogens with zero attached hydrogens (tertiary/aromatic N) is 4. The number of anilines is 1. The van der Waals surface area contributed by atoms with E-state index in [1.165, 1.54) is 24.1 Å². The SMILES string of the molecule is COc1cccc([C@@](O)(C(=O)N2CCC(CC3CCN(c4ccc(C(=O)N(C)C)c(Cl)c4)CC3)CC2)C(F)(F)F)n1. The summed E-state index contributed by atoms with van der Waals surface area (Å²) in [6.07, 6.45) is -1.24. The summed E-state index contributed by atoms with van der Waals surface area (Å²) in [6, 6.07) is 9.09. The van der Waals surface area contributed by atoms with E-state index in [-0.39, 0.29) is 30.8 Å². The molecule has 1 aromatic heterocycles. The van der Waals surface area contributed by atoms with Gasteiger partial charge in [-0.2, -0.15) is 13.2 Å². The Hall–Kier alpha value is -3.05. The zero-order valence-corrected chi connectivity index (χ0v) is 24.2. The second kappa shape index (κ2) is 12.4. The predicted octanol–water partition coefficient (Wildman–Crippen LogP) is 4.74. The van der Waals surface area contributed by atoms with Crippen LogP contribution in [0, 0.1) is 11.8 Å². The van der Waals surface area contributed by atoms with E-state index in [0.29, 0.717) is 29.3 Å². The van der Waals surface area contributed by atoms with E-state index in [2.05, 4.69) is 9.88 Å². The van der Waals surface area contributed by atoms with Gasteiger partial charge in [0.2, 0.25) is 5.88 Å². The van der Waals surface area contributed by atoms with Gasteiger partial charge in [0, 0.05) is 52.0 Å². The summed E-state index contributed by atoms with van der Waals surface area (Å²) in [6.45, 7) is 1.96. The summed E-state index contributed by atoms with van der Waals surface area (Å²) in [5.74, 6) is -0.920. The van der Waals surface area contributed by atoms with Crippen molar-refractivity contribution < 1.29 is 32.6 Å². The van der Waals surface area contributed by atoms with Crippen molar-refractivity contribution in [1.82, 2.24) is 14.8 Å². The van der Waals surface area contributed by atoms with Gasteiger partial charge in [-0.1, -0.05) is 17.7 Å². The fraction of sp³-hybridized carbons (Fsp3) is 0.552. The summed E-state index contributed by atoms with van der Waals surface area (Å²) in [5.41, 5.74) is -3.11. The van der Waals surface area contributed by atoms with Gasteiger partial charge in [0.05, 0.1) is 23.4 Å². The Kier molecular flexibility index (Phi) is 9.38. The molecule has 0 unspecified atom stereocenters. The van der Waals surface area contributed by atoms with E-state index in [1.807, 2.05) is 12.1 Å². The van der Waals surface area contributed by atoms with Crippen molar-refractivity contribution in [3.8, 4) is 5.88 Å². The maximum Gasteiger partial charge on any atom is 0.432 e. The third-order valence-electron chi connectivity index (χ3n) is 8.16. The number of hydrogen-bond acceptors (Lipinski definition) is 6. The molecular weight excluding hydrogens is 561 g/mol. The van der Waals surface area contributed by atoms with Crippen molar-refractivity contribution in [2.45, 2.75) is 43.9 Å². The molecule has 12 heteroatoms. The van der Waals surface area contributed by atoms with Crippen LogP contribution in [0.1, 0.15) is 48.2 Å². The van der Waals surface area contributed by atoms with E-state index in [0.717, 1.165) is 49.0 Å². The van der Waals surface area contributed by atoms with Crippen molar-refractivity contribution in [2.24, 2.45) is 11.8 Å². The Morgan fingerprint density at radius 2 is 1.66 bits per heavy atom. The van der Waals surface area contributed by atoms with Crippen LogP contribution in [0.4, 0.5) is 18.9 Å². The first-order valence-electron chi connectivity index (χ1n) is 13.7. The number of rotatable bonds is 7. The van der Waals surface area contributed by atoms with E-state index >= 15 is 0 Å². The van der Waals surface area contributed by atoms with Crippen LogP contribution in [0.3, 0.4) is 0 Å². The minimum absolute atomic E-state index is 0.123. The average Bonchev–Trinajstić information content (AvgIpc) is 2.96. The molecule has 8 nitrogen and oxygen atoms in total. The Labute approximate surface area is 243 Å². The standard InChI is InChI=1S/C29H36ClF3N4O4/c1-35(2)26(38)22-8-7-21(18-23(22)30)36-13-9-19(10-14-36)17-20-11-15-37(16-12-20)27(39)28(40,29(31,32)33)24-5-4-6-25(34-24)41-3/h4-8,18-20,40H,9-17H2,1-3H3/t28-/m1/s1. The molecule has 2 aromatic rings. The molecule has 224 valence electrons. The maximum atomic E-state index is 14.1. The fourth-order valence-electron chi connectivity index (χ4n) is 5.72. The molecular formula is C29H36ClF3N4O4. The quantitative estimate of drug-likeness (QED) is 0.497. The molecule has 0 radical (unpaired) electrons. The molecule has 0 saturated carbocycles. The van der Waals surface area contributed by atoms with E-state index in [1.54, 1.807) is 20.2 Å². The molecule has 3 heterocycles. The number of methoxy groups -OCH3 is 1. The van der Waals surface area contributed by atoms with Gasteiger partial charge in [0.15, 0.2) is 0 Å². The summed E-state index contributed by atoms with van der Waals surface area (Å²) >= 11 is 6.39. The first-order chi connectivity index (χ1) is 19.3. The second-order valence-electron chi connectivity index (χ2n) is 11.0. The van der Waals surface area contributed by atoms with E-state index in [4.69, 9.17) is 16.3 Å². The zero-order chi connectivity index (χ0) is 29.9. The molecule has 0 bridgehead atoms. The van der Waals surface area contributed by atoms with Crippen LogP contribution in [0.2, 0.25) is 5.02 Å². The molecule has 1 aromatic carbocycles. The first kappa shape index (κ1) is 30.9. The maximum absolute atomic E-state index is 14.1. The molecule has 2 aliphatic heterocycles. The lowest BCUT2D eigenvalue weighted by Crippen LogP contribution is -2.57. The number of hydrogen-bond donors (Lipinski definition) is 1. The molecule has 0 aliphatic carbocycles. The van der Waals surface area contributed by atoms with Gasteiger partial charge in [0.25, 0.3) is 17.4 Å². The van der Waals surface area contributed by atoms with Crippen LogP contribution in [-0.4, -0.2) is 85.3 Å². The lowest BCUT2D eigenvalue weighted by molar-refractivity contribution is -0.263. The first-order valence-corrected chi connectivity index (χ1v) is 14.1. The molecule has 1 N–H and O–H groups in total. The third kappa shape index (κ3) is 6.56. The monoisotopic (exact) mass is 596 g/mol. The molecule has 41 heavy (non-hydrogen) atoms. The highest BCUT2D eigenvalue weighted by Crippen LogP contribution is 2.41. The molecule has 1 atom stereocenters. The van der Waals surface area contributed by atoms with Crippen molar-refractivity contribution >= 4 is 29.1 Å². The Morgan fingerprint density at radius 1 is 1.05 bits per heavy atom. The van der Waals surface area contributed by atoms with Crippen molar-refractivity contribution in [3.05, 3.63) is 52.7 Å². The highest BCUT2D eigenvalue weighted by Gasteiger charge is 2.63. The molecule has 2 saturated heterocycles. The second-order valence-corrected chi connectivity index (χ2v) is 11.4. The van der Waals surface area contributed by atoms with Crippen LogP contribution in [0.15, 0.2) is 36.4 Å².